The number of rotatable bonds is 7. The van der Waals surface area contributed by atoms with Gasteiger partial charge < -0.3 is 10.6 Å². The third kappa shape index (κ3) is 7.11. The zero-order chi connectivity index (χ0) is 19.2. The van der Waals surface area contributed by atoms with E-state index < -0.39 is 12.7 Å². The quantitative estimate of drug-likeness (QED) is 0.554. The summed E-state index contributed by atoms with van der Waals surface area (Å²) in [6, 6.07) is 0. The highest BCUT2D eigenvalue weighted by molar-refractivity contribution is 7.11. The lowest BCUT2D eigenvalue weighted by atomic mass is 10.1. The monoisotopic (exact) mass is 391 g/mol. The van der Waals surface area contributed by atoms with Crippen molar-refractivity contribution in [1.29, 1.82) is 0 Å². The molecule has 2 heterocycles. The van der Waals surface area contributed by atoms with Gasteiger partial charge in [0.05, 0.1) is 17.2 Å². The topological polar surface area (TPSA) is 52.6 Å². The maximum absolute atomic E-state index is 12.5. The number of thiazole rings is 1. The zero-order valence-electron chi connectivity index (χ0n) is 15.6. The molecule has 0 spiro atoms. The number of nitrogens with zero attached hydrogens (tertiary/aromatic N) is 3. The second-order valence-corrected chi connectivity index (χ2v) is 7.94. The molecule has 1 aromatic rings. The van der Waals surface area contributed by atoms with Gasteiger partial charge in [-0.1, -0.05) is 0 Å². The van der Waals surface area contributed by atoms with Crippen LogP contribution in [-0.2, 0) is 6.42 Å². The largest absolute Gasteiger partial charge is 0.401 e. The Kier molecular flexibility index (Phi) is 7.69. The van der Waals surface area contributed by atoms with E-state index in [1.807, 2.05) is 13.8 Å². The van der Waals surface area contributed by atoms with Crippen molar-refractivity contribution in [2.75, 3.05) is 39.3 Å². The molecule has 1 saturated heterocycles. The minimum Gasteiger partial charge on any atom is -0.357 e. The minimum absolute atomic E-state index is 0.178. The molecule has 2 N–H and O–H groups in total. The van der Waals surface area contributed by atoms with E-state index in [1.165, 1.54) is 9.78 Å². The van der Waals surface area contributed by atoms with Crippen molar-refractivity contribution in [3.05, 3.63) is 15.6 Å². The minimum atomic E-state index is -4.12. The molecule has 1 unspecified atom stereocenters. The number of alkyl halides is 3. The van der Waals surface area contributed by atoms with Gasteiger partial charge in [0, 0.05) is 37.5 Å². The van der Waals surface area contributed by atoms with Crippen molar-refractivity contribution in [1.82, 2.24) is 20.5 Å². The van der Waals surface area contributed by atoms with Crippen LogP contribution in [0.3, 0.4) is 0 Å². The Bertz CT molecular complexity index is 580. The molecule has 26 heavy (non-hydrogen) atoms. The molecule has 5 nitrogen and oxygen atoms in total. The first kappa shape index (κ1) is 21.0. The Balaban J connectivity index is 1.77. The van der Waals surface area contributed by atoms with E-state index in [2.05, 4.69) is 27.5 Å². The average Bonchev–Trinajstić information content (AvgIpc) is 3.10. The number of halogens is 3. The summed E-state index contributed by atoms with van der Waals surface area (Å²) in [5.41, 5.74) is 1.08. The Hall–Kier alpha value is -1.35. The molecular weight excluding hydrogens is 363 g/mol. The number of aromatic nitrogens is 1. The molecule has 1 aromatic heterocycles. The van der Waals surface area contributed by atoms with E-state index in [0.717, 1.165) is 36.6 Å². The molecule has 9 heteroatoms. The molecule has 0 aromatic carbocycles. The molecule has 0 radical (unpaired) electrons. The highest BCUT2D eigenvalue weighted by atomic mass is 32.1. The highest BCUT2D eigenvalue weighted by Crippen LogP contribution is 2.22. The van der Waals surface area contributed by atoms with Crippen LogP contribution >= 0.6 is 11.3 Å². The predicted molar refractivity (Wildman–Crippen MR) is 99.9 cm³/mol. The average molecular weight is 392 g/mol. The molecule has 0 amide bonds. The Morgan fingerprint density at radius 2 is 2.12 bits per heavy atom. The van der Waals surface area contributed by atoms with Crippen molar-refractivity contribution >= 4 is 17.3 Å². The lowest BCUT2D eigenvalue weighted by Gasteiger charge is -2.17. The van der Waals surface area contributed by atoms with Crippen molar-refractivity contribution in [2.45, 2.75) is 39.8 Å². The summed E-state index contributed by atoms with van der Waals surface area (Å²) in [6.45, 7) is 8.21. The standard InChI is InChI=1S/C17H28F3N5S/c1-4-21-16(22-7-5-15-24-12(2)13(3)26-15)23-9-14-6-8-25(10-14)11-17(18,19)20/h14H,4-11H2,1-3H3,(H2,21,22,23). The number of hydrogen-bond donors (Lipinski definition) is 2. The lowest BCUT2D eigenvalue weighted by molar-refractivity contribution is -0.143. The highest BCUT2D eigenvalue weighted by Gasteiger charge is 2.34. The Labute approximate surface area is 157 Å². The predicted octanol–water partition coefficient (Wildman–Crippen LogP) is 2.74. The number of aryl methyl sites for hydroxylation is 2. The molecule has 1 aliphatic heterocycles. The van der Waals surface area contributed by atoms with Gasteiger partial charge in [-0.15, -0.1) is 11.3 Å². The van der Waals surface area contributed by atoms with Crippen LogP contribution < -0.4 is 10.6 Å². The van der Waals surface area contributed by atoms with Gasteiger partial charge in [-0.3, -0.25) is 9.89 Å². The summed E-state index contributed by atoms with van der Waals surface area (Å²) >= 11 is 1.71. The Morgan fingerprint density at radius 1 is 1.35 bits per heavy atom. The van der Waals surface area contributed by atoms with Crippen LogP contribution in [0.5, 0.6) is 0 Å². The van der Waals surface area contributed by atoms with Crippen LogP contribution in [0.15, 0.2) is 4.99 Å². The molecule has 2 rings (SSSR count). The molecule has 0 saturated carbocycles. The first-order valence-corrected chi connectivity index (χ1v) is 9.82. The number of likely N-dealkylation sites (tertiary alicyclic amines) is 1. The van der Waals surface area contributed by atoms with Gasteiger partial charge >= 0.3 is 6.18 Å². The van der Waals surface area contributed by atoms with Gasteiger partial charge in [0.1, 0.15) is 0 Å². The molecule has 1 fully saturated rings. The fraction of sp³-hybridized carbons (Fsp3) is 0.765. The molecule has 0 aliphatic carbocycles. The first-order valence-electron chi connectivity index (χ1n) is 9.01. The number of hydrogen-bond acceptors (Lipinski definition) is 4. The van der Waals surface area contributed by atoms with E-state index in [1.54, 1.807) is 11.3 Å². The summed E-state index contributed by atoms with van der Waals surface area (Å²) in [7, 11) is 0. The van der Waals surface area contributed by atoms with E-state index in [-0.39, 0.29) is 5.92 Å². The number of aliphatic imine (C=N–C) groups is 1. The summed E-state index contributed by atoms with van der Waals surface area (Å²) in [4.78, 5) is 11.8. The van der Waals surface area contributed by atoms with Crippen molar-refractivity contribution in [3.8, 4) is 0 Å². The van der Waals surface area contributed by atoms with Crippen LogP contribution in [0, 0.1) is 19.8 Å². The van der Waals surface area contributed by atoms with Crippen molar-refractivity contribution in [3.63, 3.8) is 0 Å². The van der Waals surface area contributed by atoms with E-state index in [9.17, 15) is 13.2 Å². The normalized spacial score (nSPS) is 19.2. The summed E-state index contributed by atoms with van der Waals surface area (Å²) < 4.78 is 37.4. The zero-order valence-corrected chi connectivity index (χ0v) is 16.4. The Morgan fingerprint density at radius 3 is 2.73 bits per heavy atom. The fourth-order valence-corrected chi connectivity index (χ4v) is 3.89. The fourth-order valence-electron chi connectivity index (χ4n) is 2.96. The number of nitrogens with one attached hydrogen (secondary N) is 2. The van der Waals surface area contributed by atoms with Crippen LogP contribution in [0.2, 0.25) is 0 Å². The molecule has 0 bridgehead atoms. The van der Waals surface area contributed by atoms with Crippen LogP contribution in [-0.4, -0.2) is 61.3 Å². The van der Waals surface area contributed by atoms with Crippen molar-refractivity contribution < 1.29 is 13.2 Å². The smallest absolute Gasteiger partial charge is 0.357 e. The lowest BCUT2D eigenvalue weighted by Crippen LogP contribution is -2.38. The van der Waals surface area contributed by atoms with E-state index in [4.69, 9.17) is 0 Å². The molecular formula is C17H28F3N5S. The van der Waals surface area contributed by atoms with Gasteiger partial charge in [-0.2, -0.15) is 13.2 Å². The van der Waals surface area contributed by atoms with Crippen LogP contribution in [0.25, 0.3) is 0 Å². The van der Waals surface area contributed by atoms with Gasteiger partial charge in [0.25, 0.3) is 0 Å². The van der Waals surface area contributed by atoms with Crippen molar-refractivity contribution in [2.24, 2.45) is 10.9 Å². The molecule has 148 valence electrons. The third-order valence-electron chi connectivity index (χ3n) is 4.33. The van der Waals surface area contributed by atoms with Gasteiger partial charge in [-0.05, 0) is 39.7 Å². The van der Waals surface area contributed by atoms with Gasteiger partial charge in [0.2, 0.25) is 0 Å². The second kappa shape index (κ2) is 9.55. The van der Waals surface area contributed by atoms with Gasteiger partial charge in [-0.25, -0.2) is 4.98 Å². The summed E-state index contributed by atoms with van der Waals surface area (Å²) in [6.07, 6.45) is -2.54. The molecule has 1 atom stereocenters. The maximum Gasteiger partial charge on any atom is 0.401 e. The maximum atomic E-state index is 12.5. The molecule has 1 aliphatic rings. The third-order valence-corrected chi connectivity index (χ3v) is 5.46. The first-order chi connectivity index (χ1) is 12.3. The van der Waals surface area contributed by atoms with Crippen LogP contribution in [0.4, 0.5) is 13.2 Å². The summed E-state index contributed by atoms with van der Waals surface area (Å²) in [5, 5.41) is 7.57. The van der Waals surface area contributed by atoms with Crippen LogP contribution in [0.1, 0.15) is 28.9 Å². The SMILES string of the molecule is CCNC(=NCC1CCN(CC(F)(F)F)C1)NCCc1nc(C)c(C)s1. The number of guanidine groups is 1. The summed E-state index contributed by atoms with van der Waals surface area (Å²) in [5.74, 6) is 0.892. The van der Waals surface area contributed by atoms with E-state index >= 15 is 0 Å². The van der Waals surface area contributed by atoms with E-state index in [0.29, 0.717) is 25.6 Å². The second-order valence-electron chi connectivity index (χ2n) is 6.65. The van der Waals surface area contributed by atoms with Gasteiger partial charge in [0.15, 0.2) is 5.96 Å².